The number of ketones is 1. The molecular formula is C18H26CaO2+2. The molecule has 3 saturated carbocycles. The van der Waals surface area contributed by atoms with E-state index in [9.17, 15) is 9.90 Å². The number of hydrogen-bond donors (Lipinski definition) is 1. The van der Waals surface area contributed by atoms with Crippen LogP contribution in [-0.2, 0) is 4.79 Å². The van der Waals surface area contributed by atoms with Crippen LogP contribution in [0.3, 0.4) is 0 Å². The van der Waals surface area contributed by atoms with Gasteiger partial charge < -0.3 is 5.11 Å². The Hall–Kier alpha value is 0.630. The largest absolute Gasteiger partial charge is 2.00 e. The van der Waals surface area contributed by atoms with Gasteiger partial charge in [0.05, 0.1) is 6.10 Å². The topological polar surface area (TPSA) is 37.3 Å². The van der Waals surface area contributed by atoms with Crippen molar-refractivity contribution >= 4 is 43.5 Å². The number of rotatable bonds is 0. The molecule has 4 rings (SSSR count). The summed E-state index contributed by atoms with van der Waals surface area (Å²) in [6.07, 6.45) is 10.9. The van der Waals surface area contributed by atoms with Crippen molar-refractivity contribution in [3.05, 3.63) is 11.6 Å². The number of carbonyl (C=O) groups is 1. The van der Waals surface area contributed by atoms with Gasteiger partial charge in [-0.3, -0.25) is 4.79 Å². The standard InChI is InChI=1S/C18H26O2.Ca/c1-18-9-8-14-13-5-3-12(19)10-11(13)2-4-15(14)16(18)6-7-17(18)20;/h10,13-17,20H,2-9H2,1H3;/q;+2/t13-,14+,15+,16-,17-,18-;/m0./s1. The van der Waals surface area contributed by atoms with Crippen LogP contribution >= 0.6 is 0 Å². The molecule has 0 aromatic carbocycles. The molecule has 1 N–H and O–H groups in total. The van der Waals surface area contributed by atoms with Crippen molar-refractivity contribution in [2.45, 2.75) is 64.4 Å². The fraction of sp³-hybridized carbons (Fsp3) is 0.833. The maximum Gasteiger partial charge on any atom is 2.00 e. The molecule has 4 aliphatic rings. The van der Waals surface area contributed by atoms with Gasteiger partial charge in [-0.05, 0) is 80.1 Å². The Morgan fingerprint density at radius 3 is 2.71 bits per heavy atom. The Balaban J connectivity index is 0.00000132. The second-order valence-corrected chi connectivity index (χ2v) is 7.94. The zero-order chi connectivity index (χ0) is 13.9. The maximum atomic E-state index is 11.6. The van der Waals surface area contributed by atoms with Crippen LogP contribution in [0.25, 0.3) is 0 Å². The molecule has 3 fully saturated rings. The van der Waals surface area contributed by atoms with E-state index in [4.69, 9.17) is 0 Å². The number of fused-ring (bicyclic) bond motifs is 5. The number of carbonyl (C=O) groups excluding carboxylic acids is 1. The summed E-state index contributed by atoms with van der Waals surface area (Å²) in [7, 11) is 0. The first-order valence-electron chi connectivity index (χ1n) is 8.51. The molecule has 0 unspecified atom stereocenters. The molecule has 0 aliphatic heterocycles. The van der Waals surface area contributed by atoms with E-state index in [0.29, 0.717) is 11.7 Å². The Morgan fingerprint density at radius 2 is 1.90 bits per heavy atom. The Morgan fingerprint density at radius 1 is 1.10 bits per heavy atom. The van der Waals surface area contributed by atoms with Gasteiger partial charge in [-0.15, -0.1) is 0 Å². The van der Waals surface area contributed by atoms with Crippen LogP contribution in [-0.4, -0.2) is 54.7 Å². The van der Waals surface area contributed by atoms with Crippen molar-refractivity contribution in [1.82, 2.24) is 0 Å². The molecule has 0 amide bonds. The van der Waals surface area contributed by atoms with E-state index in [-0.39, 0.29) is 49.3 Å². The third kappa shape index (κ3) is 2.49. The van der Waals surface area contributed by atoms with Gasteiger partial charge in [0.1, 0.15) is 0 Å². The van der Waals surface area contributed by atoms with E-state index in [1.54, 1.807) is 0 Å². The average Bonchev–Trinajstić information content (AvgIpc) is 2.74. The quantitative estimate of drug-likeness (QED) is 0.698. The van der Waals surface area contributed by atoms with E-state index >= 15 is 0 Å². The molecule has 0 aromatic heterocycles. The molecule has 4 aliphatic carbocycles. The first-order chi connectivity index (χ1) is 9.59. The molecule has 0 radical (unpaired) electrons. The van der Waals surface area contributed by atoms with Crippen LogP contribution in [0, 0.1) is 29.1 Å². The first kappa shape index (κ1) is 16.5. The molecule has 3 heteroatoms. The van der Waals surface area contributed by atoms with Gasteiger partial charge in [-0.1, -0.05) is 12.5 Å². The van der Waals surface area contributed by atoms with Gasteiger partial charge in [0.25, 0.3) is 0 Å². The molecule has 110 valence electrons. The molecule has 21 heavy (non-hydrogen) atoms. The van der Waals surface area contributed by atoms with E-state index in [1.807, 2.05) is 6.08 Å². The van der Waals surface area contributed by atoms with Crippen molar-refractivity contribution in [3.63, 3.8) is 0 Å². The SMILES string of the molecule is C[C@]12CC[C@H]3[C@@H](CCC4=CC(=O)CC[C@@H]43)[C@@H]1CC[C@@H]2O.[Ca+2]. The summed E-state index contributed by atoms with van der Waals surface area (Å²) in [5.41, 5.74) is 1.65. The number of aliphatic hydroxyl groups excluding tert-OH is 1. The van der Waals surface area contributed by atoms with Crippen molar-refractivity contribution in [3.8, 4) is 0 Å². The van der Waals surface area contributed by atoms with Crippen molar-refractivity contribution in [2.75, 3.05) is 0 Å². The van der Waals surface area contributed by atoms with Crippen LogP contribution < -0.4 is 0 Å². The zero-order valence-electron chi connectivity index (χ0n) is 13.2. The Kier molecular flexibility index (Phi) is 4.65. The first-order valence-corrected chi connectivity index (χ1v) is 8.51. The summed E-state index contributed by atoms with van der Waals surface area (Å²) in [4.78, 5) is 11.6. The normalized spacial score (nSPS) is 48.6. The molecule has 6 atom stereocenters. The van der Waals surface area contributed by atoms with Crippen molar-refractivity contribution in [2.24, 2.45) is 29.1 Å². The summed E-state index contributed by atoms with van der Waals surface area (Å²) in [6.45, 7) is 2.33. The van der Waals surface area contributed by atoms with Gasteiger partial charge in [0.2, 0.25) is 0 Å². The Labute approximate surface area is 157 Å². The molecule has 2 nitrogen and oxygen atoms in total. The fourth-order valence-corrected chi connectivity index (χ4v) is 6.15. The third-order valence-corrected chi connectivity index (χ3v) is 7.25. The number of hydrogen-bond acceptors (Lipinski definition) is 2. The van der Waals surface area contributed by atoms with Crippen molar-refractivity contribution in [1.29, 1.82) is 0 Å². The fourth-order valence-electron chi connectivity index (χ4n) is 6.15. The van der Waals surface area contributed by atoms with E-state index < -0.39 is 0 Å². The minimum atomic E-state index is -0.0710. The minimum Gasteiger partial charge on any atom is -0.393 e. The van der Waals surface area contributed by atoms with Gasteiger partial charge in [-0.2, -0.15) is 0 Å². The monoisotopic (exact) mass is 314 g/mol. The van der Waals surface area contributed by atoms with Crippen LogP contribution in [0.2, 0.25) is 0 Å². The Bertz CT molecular complexity index is 472. The molecule has 0 aromatic rings. The third-order valence-electron chi connectivity index (χ3n) is 7.25. The van der Waals surface area contributed by atoms with E-state index in [0.717, 1.165) is 43.4 Å². The van der Waals surface area contributed by atoms with E-state index in [2.05, 4.69) is 6.92 Å². The second-order valence-electron chi connectivity index (χ2n) is 7.94. The van der Waals surface area contributed by atoms with Crippen LogP contribution in [0.15, 0.2) is 11.6 Å². The summed E-state index contributed by atoms with van der Waals surface area (Å²) < 4.78 is 0. The summed E-state index contributed by atoms with van der Waals surface area (Å²) >= 11 is 0. The summed E-state index contributed by atoms with van der Waals surface area (Å²) in [5, 5.41) is 10.4. The number of aliphatic hydroxyl groups is 1. The summed E-state index contributed by atoms with van der Waals surface area (Å²) in [6, 6.07) is 0. The van der Waals surface area contributed by atoms with Crippen LogP contribution in [0.4, 0.5) is 0 Å². The van der Waals surface area contributed by atoms with E-state index in [1.165, 1.54) is 31.3 Å². The predicted octanol–water partition coefficient (Wildman–Crippen LogP) is 3.11. The van der Waals surface area contributed by atoms with Gasteiger partial charge in [0.15, 0.2) is 5.78 Å². The second kappa shape index (κ2) is 5.92. The zero-order valence-corrected chi connectivity index (χ0v) is 15.4. The van der Waals surface area contributed by atoms with Crippen molar-refractivity contribution < 1.29 is 9.90 Å². The van der Waals surface area contributed by atoms with Gasteiger partial charge in [0, 0.05) is 6.42 Å². The smallest absolute Gasteiger partial charge is 0.393 e. The minimum absolute atomic E-state index is 0. The van der Waals surface area contributed by atoms with Crippen LogP contribution in [0.1, 0.15) is 58.3 Å². The maximum absolute atomic E-state index is 11.6. The molecule has 0 bridgehead atoms. The molecular weight excluding hydrogens is 288 g/mol. The van der Waals surface area contributed by atoms with Crippen LogP contribution in [0.5, 0.6) is 0 Å². The molecule has 0 saturated heterocycles. The average molecular weight is 314 g/mol. The molecule has 0 spiro atoms. The van der Waals surface area contributed by atoms with Gasteiger partial charge >= 0.3 is 37.7 Å². The predicted molar refractivity (Wildman–Crippen MR) is 83.9 cm³/mol. The number of allylic oxidation sites excluding steroid dienone is 1. The van der Waals surface area contributed by atoms with Gasteiger partial charge in [-0.25, -0.2) is 0 Å². The summed E-state index contributed by atoms with van der Waals surface area (Å²) in [5.74, 6) is 3.38. The molecule has 0 heterocycles.